The van der Waals surface area contributed by atoms with E-state index < -0.39 is 11.9 Å². The Labute approximate surface area is 241 Å². The van der Waals surface area contributed by atoms with Crippen molar-refractivity contribution < 1.29 is 23.5 Å². The number of hydrogen-bond donors (Lipinski definition) is 1. The summed E-state index contributed by atoms with van der Waals surface area (Å²) in [6, 6.07) is 17.8. The third-order valence-electron chi connectivity index (χ3n) is 6.43. The smallest absolute Gasteiger partial charge is 0.336 e. The van der Waals surface area contributed by atoms with Crippen LogP contribution in [-0.2, 0) is 16.1 Å². The van der Waals surface area contributed by atoms with Crippen molar-refractivity contribution in [2.75, 3.05) is 6.61 Å². The Hall–Kier alpha value is -2.73. The predicted molar refractivity (Wildman–Crippen MR) is 156 cm³/mol. The third kappa shape index (κ3) is 4.69. The molecule has 1 aliphatic heterocycles. The molecule has 0 amide bonds. The summed E-state index contributed by atoms with van der Waals surface area (Å²) in [5.41, 5.74) is 4.99. The molecule has 1 heterocycles. The van der Waals surface area contributed by atoms with Crippen LogP contribution in [0.25, 0.3) is 5.70 Å². The fraction of sp³-hybridized carbons (Fsp3) is 0.172. The zero-order valence-electron chi connectivity index (χ0n) is 20.0. The fourth-order valence-electron chi connectivity index (χ4n) is 4.79. The molecule has 0 fully saturated rings. The molecule has 3 aromatic carbocycles. The van der Waals surface area contributed by atoms with Gasteiger partial charge >= 0.3 is 5.97 Å². The van der Waals surface area contributed by atoms with Crippen LogP contribution >= 0.6 is 45.2 Å². The van der Waals surface area contributed by atoms with Crippen LogP contribution in [0.2, 0.25) is 0 Å². The highest BCUT2D eigenvalue weighted by Gasteiger charge is 2.43. The Bertz CT molecular complexity index is 1490. The van der Waals surface area contributed by atoms with Crippen molar-refractivity contribution >= 4 is 62.6 Å². The lowest BCUT2D eigenvalue weighted by atomic mass is 9.80. The number of carbonyl (C=O) groups excluding carboxylic acids is 2. The molecule has 0 spiro atoms. The summed E-state index contributed by atoms with van der Waals surface area (Å²) in [7, 11) is 0. The van der Waals surface area contributed by atoms with Gasteiger partial charge in [-0.1, -0.05) is 42.5 Å². The molecule has 5 nitrogen and oxygen atoms in total. The van der Waals surface area contributed by atoms with Crippen LogP contribution in [0.15, 0.2) is 77.5 Å². The number of rotatable bonds is 6. The number of halogens is 3. The van der Waals surface area contributed by atoms with Gasteiger partial charge in [-0.3, -0.25) is 4.79 Å². The number of hydrogen-bond acceptors (Lipinski definition) is 5. The lowest BCUT2D eigenvalue weighted by molar-refractivity contribution is -0.138. The summed E-state index contributed by atoms with van der Waals surface area (Å²) in [6.07, 6.45) is 0. The van der Waals surface area contributed by atoms with Gasteiger partial charge in [-0.2, -0.15) is 0 Å². The maximum absolute atomic E-state index is 14.1. The van der Waals surface area contributed by atoms with Gasteiger partial charge in [0.1, 0.15) is 18.2 Å². The van der Waals surface area contributed by atoms with Crippen LogP contribution in [0.1, 0.15) is 46.8 Å². The number of Topliss-reactive ketones (excluding diaryl/α,β-unsaturated/α-hetero) is 1. The van der Waals surface area contributed by atoms with Gasteiger partial charge in [0.2, 0.25) is 0 Å². The largest absolute Gasteiger partial charge is 0.487 e. The Balaban J connectivity index is 1.59. The van der Waals surface area contributed by atoms with Crippen LogP contribution in [0, 0.1) is 13.0 Å². The number of benzene rings is 3. The van der Waals surface area contributed by atoms with Gasteiger partial charge in [0.15, 0.2) is 5.78 Å². The number of dihydropyridines is 1. The highest BCUT2D eigenvalue weighted by atomic mass is 127. The molecular formula is C29H22FI2NO4. The van der Waals surface area contributed by atoms with Crippen molar-refractivity contribution in [1.29, 1.82) is 0 Å². The lowest BCUT2D eigenvalue weighted by Gasteiger charge is -2.29. The monoisotopic (exact) mass is 721 g/mol. The molecule has 2 aliphatic rings. The number of nitrogens with one attached hydrogen (secondary N) is 1. The van der Waals surface area contributed by atoms with Gasteiger partial charge in [0.05, 0.1) is 25.0 Å². The van der Waals surface area contributed by atoms with Crippen molar-refractivity contribution in [2.24, 2.45) is 0 Å². The first-order valence-electron chi connectivity index (χ1n) is 11.7. The van der Waals surface area contributed by atoms with Gasteiger partial charge in [-0.05, 0) is 82.8 Å². The van der Waals surface area contributed by atoms with Crippen LogP contribution in [0.4, 0.5) is 4.39 Å². The number of fused-ring (bicyclic) bond motifs is 2. The third-order valence-corrected chi connectivity index (χ3v) is 8.03. The van der Waals surface area contributed by atoms with Crippen molar-refractivity contribution in [3.63, 3.8) is 0 Å². The Morgan fingerprint density at radius 3 is 2.35 bits per heavy atom. The summed E-state index contributed by atoms with van der Waals surface area (Å²) in [5, 5.41) is 3.31. The minimum Gasteiger partial charge on any atom is -0.487 e. The zero-order valence-corrected chi connectivity index (χ0v) is 24.3. The van der Waals surface area contributed by atoms with E-state index in [1.165, 1.54) is 6.07 Å². The molecule has 1 N–H and O–H groups in total. The van der Waals surface area contributed by atoms with Gasteiger partial charge in [0, 0.05) is 33.9 Å². The second-order valence-corrected chi connectivity index (χ2v) is 11.0. The molecule has 0 radical (unpaired) electrons. The van der Waals surface area contributed by atoms with E-state index in [2.05, 4.69) is 50.5 Å². The van der Waals surface area contributed by atoms with Gasteiger partial charge in [0.25, 0.3) is 0 Å². The summed E-state index contributed by atoms with van der Waals surface area (Å²) in [6.45, 7) is 3.89. The number of ketones is 1. The summed E-state index contributed by atoms with van der Waals surface area (Å²) >= 11 is 4.36. The number of ether oxygens (including phenoxy) is 2. The summed E-state index contributed by atoms with van der Waals surface area (Å²) in [5.74, 6) is -0.883. The molecule has 0 bridgehead atoms. The second-order valence-electron chi connectivity index (χ2n) is 8.67. The van der Waals surface area contributed by atoms with Crippen molar-refractivity contribution in [3.8, 4) is 5.75 Å². The number of carbonyl (C=O) groups is 2. The minimum atomic E-state index is -0.613. The first-order chi connectivity index (χ1) is 17.8. The summed E-state index contributed by atoms with van der Waals surface area (Å²) in [4.78, 5) is 26.8. The Kier molecular flexibility index (Phi) is 7.39. The van der Waals surface area contributed by atoms with Gasteiger partial charge in [-0.15, -0.1) is 0 Å². The van der Waals surface area contributed by atoms with Crippen LogP contribution in [-0.4, -0.2) is 18.4 Å². The number of esters is 1. The standard InChI is InChI=1S/C29H22FI2NO4/c1-3-36-29(35)23-15(2)33-26-18-9-5-6-10-19(18)27(34)25(26)24(23)17-12-21(31)28(22(32)13-17)37-14-16-8-4-7-11-20(16)30/h4-13,24,33H,3,14H2,1-2H3/t24-/m0/s1. The predicted octanol–water partition coefficient (Wildman–Crippen LogP) is 6.75. The molecule has 0 saturated heterocycles. The topological polar surface area (TPSA) is 64.6 Å². The van der Waals surface area contributed by atoms with E-state index in [4.69, 9.17) is 9.47 Å². The zero-order chi connectivity index (χ0) is 26.3. The van der Waals surface area contributed by atoms with Crippen LogP contribution in [0.3, 0.4) is 0 Å². The van der Waals surface area contributed by atoms with E-state index in [1.807, 2.05) is 37.3 Å². The quantitative estimate of drug-likeness (QED) is 0.226. The van der Waals surface area contributed by atoms with E-state index in [9.17, 15) is 14.0 Å². The van der Waals surface area contributed by atoms with Crippen LogP contribution in [0.5, 0.6) is 5.75 Å². The molecule has 0 unspecified atom stereocenters. The molecule has 1 atom stereocenters. The highest BCUT2D eigenvalue weighted by molar-refractivity contribution is 14.1. The van der Waals surface area contributed by atoms with Crippen LogP contribution < -0.4 is 10.1 Å². The van der Waals surface area contributed by atoms with E-state index in [0.29, 0.717) is 33.7 Å². The summed E-state index contributed by atoms with van der Waals surface area (Å²) < 4.78 is 27.1. The molecule has 3 aromatic rings. The van der Waals surface area contributed by atoms with E-state index in [0.717, 1.165) is 24.0 Å². The maximum Gasteiger partial charge on any atom is 0.336 e. The lowest BCUT2D eigenvalue weighted by Crippen LogP contribution is -2.29. The first kappa shape index (κ1) is 25.9. The fourth-order valence-corrected chi connectivity index (χ4v) is 6.92. The SMILES string of the molecule is CCOC(=O)C1=C(C)NC2=C(C(=O)c3ccccc32)[C@H]1c1cc(I)c(OCc2ccccc2F)c(I)c1. The van der Waals surface area contributed by atoms with Gasteiger partial charge in [-0.25, -0.2) is 9.18 Å². The van der Waals surface area contributed by atoms with E-state index in [1.54, 1.807) is 31.2 Å². The van der Waals surface area contributed by atoms with Crippen molar-refractivity contribution in [1.82, 2.24) is 5.32 Å². The molecule has 188 valence electrons. The molecule has 37 heavy (non-hydrogen) atoms. The molecule has 8 heteroatoms. The minimum absolute atomic E-state index is 0.0849. The molecular weight excluding hydrogens is 699 g/mol. The van der Waals surface area contributed by atoms with E-state index >= 15 is 0 Å². The molecule has 0 aromatic heterocycles. The Morgan fingerprint density at radius 2 is 1.68 bits per heavy atom. The highest BCUT2D eigenvalue weighted by Crippen LogP contribution is 2.48. The second kappa shape index (κ2) is 10.6. The average Bonchev–Trinajstić information content (AvgIpc) is 3.15. The average molecular weight is 721 g/mol. The van der Waals surface area contributed by atoms with Crippen molar-refractivity contribution in [2.45, 2.75) is 26.4 Å². The normalized spacial score (nSPS) is 16.4. The van der Waals surface area contributed by atoms with Gasteiger partial charge < -0.3 is 14.8 Å². The number of allylic oxidation sites excluding steroid dienone is 2. The maximum atomic E-state index is 14.1. The van der Waals surface area contributed by atoms with E-state index in [-0.39, 0.29) is 24.8 Å². The molecule has 5 rings (SSSR count). The van der Waals surface area contributed by atoms with Crippen molar-refractivity contribution in [3.05, 3.63) is 113 Å². The Morgan fingerprint density at radius 1 is 1.03 bits per heavy atom. The molecule has 1 aliphatic carbocycles. The first-order valence-corrected chi connectivity index (χ1v) is 13.9. The molecule has 0 saturated carbocycles.